The molecule has 2 N–H and O–H groups in total. The van der Waals surface area contributed by atoms with Gasteiger partial charge in [0.05, 0.1) is 0 Å². The second kappa shape index (κ2) is 7.05. The van der Waals surface area contributed by atoms with Gasteiger partial charge in [0.1, 0.15) is 12.4 Å². The monoisotopic (exact) mass is 294 g/mol. The molecule has 0 saturated carbocycles. The van der Waals surface area contributed by atoms with Crippen molar-refractivity contribution in [2.24, 2.45) is 0 Å². The van der Waals surface area contributed by atoms with E-state index in [-0.39, 0.29) is 11.8 Å². The average molecular weight is 294 g/mol. The summed E-state index contributed by atoms with van der Waals surface area (Å²) in [6.07, 6.45) is 3.00. The van der Waals surface area contributed by atoms with Gasteiger partial charge < -0.3 is 15.1 Å². The van der Waals surface area contributed by atoms with Gasteiger partial charge >= 0.3 is 0 Å². The fraction of sp³-hybridized carbons (Fsp3) is 0.692. The Hall–Kier alpha value is -2.12. The number of hydrogen-bond acceptors (Lipinski definition) is 5. The Balaban J connectivity index is 1.90. The number of rotatable bonds is 5. The molecule has 1 saturated heterocycles. The highest BCUT2D eigenvalue weighted by Crippen LogP contribution is 2.11. The minimum absolute atomic E-state index is 0.00395. The molecule has 0 spiro atoms. The molecule has 1 aromatic heterocycles. The lowest BCUT2D eigenvalue weighted by Crippen LogP contribution is -2.55. The number of aromatic nitrogens is 3. The van der Waals surface area contributed by atoms with E-state index in [2.05, 4.69) is 25.4 Å². The zero-order valence-electron chi connectivity index (χ0n) is 12.5. The Morgan fingerprint density at radius 2 is 2.10 bits per heavy atom. The van der Waals surface area contributed by atoms with Crippen LogP contribution in [0, 0.1) is 0 Å². The third kappa shape index (κ3) is 3.93. The number of amides is 2. The molecule has 116 valence electrons. The van der Waals surface area contributed by atoms with E-state index in [1.165, 1.54) is 13.3 Å². The van der Waals surface area contributed by atoms with Crippen LogP contribution >= 0.6 is 0 Å². The summed E-state index contributed by atoms with van der Waals surface area (Å²) in [5.74, 6) is 0.570. The number of hydrogen-bond donors (Lipinski definition) is 2. The van der Waals surface area contributed by atoms with Gasteiger partial charge in [0.2, 0.25) is 17.8 Å². The van der Waals surface area contributed by atoms with Crippen molar-refractivity contribution in [3.63, 3.8) is 0 Å². The first-order valence-corrected chi connectivity index (χ1v) is 7.28. The third-order valence-corrected chi connectivity index (χ3v) is 3.55. The fourth-order valence-corrected chi connectivity index (χ4v) is 2.50. The first-order valence-electron chi connectivity index (χ1n) is 7.28. The van der Waals surface area contributed by atoms with Crippen LogP contribution in [0.2, 0.25) is 0 Å². The molecule has 2 rings (SSSR count). The molecule has 1 fully saturated rings. The van der Waals surface area contributed by atoms with Crippen LogP contribution in [0.5, 0.6) is 0 Å². The molecule has 1 atom stereocenters. The average Bonchev–Trinajstić information content (AvgIpc) is 3.00. The number of anilines is 1. The van der Waals surface area contributed by atoms with Crippen molar-refractivity contribution < 1.29 is 9.59 Å². The molecule has 0 radical (unpaired) electrons. The lowest BCUT2D eigenvalue weighted by atomic mass is 10.1. The predicted octanol–water partition coefficient (Wildman–Crippen LogP) is -0.242. The van der Waals surface area contributed by atoms with Crippen molar-refractivity contribution in [1.82, 2.24) is 25.4 Å². The molecule has 8 nitrogen and oxygen atoms in total. The van der Waals surface area contributed by atoms with Crippen molar-refractivity contribution >= 4 is 17.8 Å². The normalized spacial score (nSPS) is 16.7. The summed E-state index contributed by atoms with van der Waals surface area (Å²) in [5, 5.41) is 9.40. The van der Waals surface area contributed by atoms with Crippen molar-refractivity contribution in [2.75, 3.05) is 31.1 Å². The molecule has 0 bridgehead atoms. The van der Waals surface area contributed by atoms with Crippen molar-refractivity contribution in [3.8, 4) is 0 Å². The topological polar surface area (TPSA) is 94.2 Å². The Labute approximate surface area is 123 Å². The fourth-order valence-electron chi connectivity index (χ4n) is 2.50. The maximum absolute atomic E-state index is 12.5. The summed E-state index contributed by atoms with van der Waals surface area (Å²) in [5.41, 5.74) is 0. The quantitative estimate of drug-likeness (QED) is 0.781. The second-order valence-electron chi connectivity index (χ2n) is 5.16. The molecule has 0 aliphatic carbocycles. The standard InChI is InChI=1S/C13H22N6O2/c1-3-4-11(16-10(2)20)12(21)18-5-7-19(8-6-18)13-14-9-15-17-13/h9,11H,3-8H2,1-2H3,(H,16,20)(H,14,15,17). The van der Waals surface area contributed by atoms with Gasteiger partial charge in [-0.15, -0.1) is 0 Å². The number of piperazine rings is 1. The van der Waals surface area contributed by atoms with Crippen LogP contribution in [-0.2, 0) is 9.59 Å². The molecule has 0 aromatic carbocycles. The summed E-state index contributed by atoms with van der Waals surface area (Å²) in [6, 6.07) is -0.413. The lowest BCUT2D eigenvalue weighted by Gasteiger charge is -2.36. The van der Waals surface area contributed by atoms with E-state index in [1.54, 1.807) is 0 Å². The molecule has 1 aliphatic rings. The zero-order valence-corrected chi connectivity index (χ0v) is 12.5. The third-order valence-electron chi connectivity index (χ3n) is 3.55. The largest absolute Gasteiger partial charge is 0.345 e. The number of carbonyl (C=O) groups is 2. The van der Waals surface area contributed by atoms with Gasteiger partial charge in [-0.05, 0) is 6.42 Å². The summed E-state index contributed by atoms with van der Waals surface area (Å²) >= 11 is 0. The van der Waals surface area contributed by atoms with Gasteiger partial charge in [-0.1, -0.05) is 13.3 Å². The Morgan fingerprint density at radius 3 is 2.62 bits per heavy atom. The minimum Gasteiger partial charge on any atom is -0.345 e. The molecular weight excluding hydrogens is 272 g/mol. The van der Waals surface area contributed by atoms with Crippen molar-refractivity contribution in [2.45, 2.75) is 32.7 Å². The van der Waals surface area contributed by atoms with E-state index < -0.39 is 6.04 Å². The van der Waals surface area contributed by atoms with E-state index in [1.807, 2.05) is 11.8 Å². The predicted molar refractivity (Wildman–Crippen MR) is 77.7 cm³/mol. The van der Waals surface area contributed by atoms with E-state index in [0.717, 1.165) is 12.4 Å². The molecule has 2 amide bonds. The Bertz CT molecular complexity index is 467. The maximum Gasteiger partial charge on any atom is 0.245 e. The summed E-state index contributed by atoms with van der Waals surface area (Å²) in [6.45, 7) is 6.11. The molecule has 1 aromatic rings. The van der Waals surface area contributed by atoms with Gasteiger partial charge in [0.15, 0.2) is 0 Å². The highest BCUT2D eigenvalue weighted by molar-refractivity contribution is 5.87. The van der Waals surface area contributed by atoms with Gasteiger partial charge in [0.25, 0.3) is 0 Å². The number of nitrogens with zero attached hydrogens (tertiary/aromatic N) is 4. The zero-order chi connectivity index (χ0) is 15.2. The SMILES string of the molecule is CCCC(NC(C)=O)C(=O)N1CCN(c2ncn[nH]2)CC1. The molecular formula is C13H22N6O2. The van der Waals surface area contributed by atoms with E-state index in [0.29, 0.717) is 32.6 Å². The van der Waals surface area contributed by atoms with Crippen LogP contribution in [0.1, 0.15) is 26.7 Å². The van der Waals surface area contributed by atoms with Crippen LogP contribution < -0.4 is 10.2 Å². The van der Waals surface area contributed by atoms with Crippen molar-refractivity contribution in [3.05, 3.63) is 6.33 Å². The smallest absolute Gasteiger partial charge is 0.245 e. The number of aromatic amines is 1. The highest BCUT2D eigenvalue weighted by atomic mass is 16.2. The molecule has 8 heteroatoms. The van der Waals surface area contributed by atoms with Crippen LogP contribution in [0.4, 0.5) is 5.95 Å². The summed E-state index contributed by atoms with van der Waals surface area (Å²) < 4.78 is 0. The number of nitrogens with one attached hydrogen (secondary N) is 2. The van der Waals surface area contributed by atoms with Gasteiger partial charge in [-0.2, -0.15) is 10.1 Å². The second-order valence-corrected chi connectivity index (χ2v) is 5.16. The first-order chi connectivity index (χ1) is 10.1. The lowest BCUT2D eigenvalue weighted by molar-refractivity contribution is -0.136. The number of H-pyrrole nitrogens is 1. The molecule has 2 heterocycles. The van der Waals surface area contributed by atoms with E-state index in [4.69, 9.17) is 0 Å². The molecule has 1 aliphatic heterocycles. The van der Waals surface area contributed by atoms with E-state index >= 15 is 0 Å². The first kappa shape index (κ1) is 15.3. The molecule has 1 unspecified atom stereocenters. The van der Waals surface area contributed by atoms with Crippen LogP contribution in [0.15, 0.2) is 6.33 Å². The van der Waals surface area contributed by atoms with Gasteiger partial charge in [-0.3, -0.25) is 9.59 Å². The van der Waals surface area contributed by atoms with Crippen LogP contribution in [0.3, 0.4) is 0 Å². The Morgan fingerprint density at radius 1 is 1.38 bits per heavy atom. The maximum atomic E-state index is 12.5. The van der Waals surface area contributed by atoms with E-state index in [9.17, 15) is 9.59 Å². The Kier molecular flexibility index (Phi) is 5.13. The summed E-state index contributed by atoms with van der Waals surface area (Å²) in [4.78, 5) is 31.7. The minimum atomic E-state index is -0.413. The van der Waals surface area contributed by atoms with Gasteiger partial charge in [-0.25, -0.2) is 5.10 Å². The molecule has 21 heavy (non-hydrogen) atoms. The number of carbonyl (C=O) groups excluding carboxylic acids is 2. The van der Waals surface area contributed by atoms with Crippen LogP contribution in [0.25, 0.3) is 0 Å². The van der Waals surface area contributed by atoms with Gasteiger partial charge in [0, 0.05) is 33.1 Å². The van der Waals surface area contributed by atoms with Crippen molar-refractivity contribution in [1.29, 1.82) is 0 Å². The van der Waals surface area contributed by atoms with Crippen LogP contribution in [-0.4, -0.2) is 64.1 Å². The highest BCUT2D eigenvalue weighted by Gasteiger charge is 2.28. The summed E-state index contributed by atoms with van der Waals surface area (Å²) in [7, 11) is 0.